The smallest absolute Gasteiger partial charge is 0.421 e. The number of carboxylic acid groups (broad SMARTS) is 1. The number of carbonyl (C=O) groups excluding carboxylic acids is 2. The van der Waals surface area contributed by atoms with E-state index in [0.29, 0.717) is 38.0 Å². The molecule has 0 aromatic carbocycles. The maximum absolute atomic E-state index is 13.8. The van der Waals surface area contributed by atoms with Crippen LogP contribution in [0.1, 0.15) is 66.5 Å². The molecule has 1 aliphatic carbocycles. The van der Waals surface area contributed by atoms with E-state index in [1.807, 2.05) is 6.92 Å². The topological polar surface area (TPSA) is 106 Å². The molecule has 8 nitrogen and oxygen atoms in total. The number of ketones is 1. The number of fused-ring (bicyclic) bond motifs is 3. The molecule has 1 saturated heterocycles. The summed E-state index contributed by atoms with van der Waals surface area (Å²) in [6.07, 6.45) is -1.57. The predicted octanol–water partition coefficient (Wildman–Crippen LogP) is 3.74. The van der Waals surface area contributed by atoms with Crippen LogP contribution < -0.4 is 0 Å². The Kier molecular flexibility index (Phi) is 5.83. The van der Waals surface area contributed by atoms with Crippen molar-refractivity contribution in [3.8, 4) is 11.3 Å². The lowest BCUT2D eigenvalue weighted by Crippen LogP contribution is -2.42. The number of halogens is 3. The number of hydrogen-bond acceptors (Lipinski definition) is 5. The van der Waals surface area contributed by atoms with Crippen LogP contribution in [-0.4, -0.2) is 50.5 Å². The highest BCUT2D eigenvalue weighted by Gasteiger charge is 2.46. The number of amides is 1. The van der Waals surface area contributed by atoms with Crippen LogP contribution in [0.4, 0.5) is 13.2 Å². The number of furan rings is 1. The quantitative estimate of drug-likeness (QED) is 0.672. The van der Waals surface area contributed by atoms with E-state index in [1.54, 1.807) is 22.7 Å². The minimum absolute atomic E-state index is 0.0163. The van der Waals surface area contributed by atoms with Gasteiger partial charge in [0.15, 0.2) is 0 Å². The molecule has 1 aliphatic heterocycles. The summed E-state index contributed by atoms with van der Waals surface area (Å²) < 4.78 is 48.1. The Morgan fingerprint density at radius 2 is 1.91 bits per heavy atom. The summed E-state index contributed by atoms with van der Waals surface area (Å²) in [5, 5.41) is 13.7. The van der Waals surface area contributed by atoms with Crippen molar-refractivity contribution in [1.29, 1.82) is 0 Å². The summed E-state index contributed by atoms with van der Waals surface area (Å²) in [5.74, 6) is -3.83. The molecule has 0 spiro atoms. The normalized spacial score (nSPS) is 18.7. The Bertz CT molecular complexity index is 1110. The first-order valence-electron chi connectivity index (χ1n) is 10.9. The maximum Gasteiger partial charge on any atom is 0.421 e. The van der Waals surface area contributed by atoms with Crippen molar-refractivity contribution in [2.75, 3.05) is 13.1 Å². The van der Waals surface area contributed by atoms with Gasteiger partial charge in [-0.15, -0.1) is 0 Å². The number of hydrogen-bond donors (Lipinski definition) is 1. The lowest BCUT2D eigenvalue weighted by molar-refractivity contribution is -0.145. The van der Waals surface area contributed by atoms with Crippen molar-refractivity contribution in [3.05, 3.63) is 28.8 Å². The lowest BCUT2D eigenvalue weighted by atomic mass is 9.86. The number of piperidine rings is 1. The van der Waals surface area contributed by atoms with Gasteiger partial charge >= 0.3 is 12.1 Å². The zero-order valence-electron chi connectivity index (χ0n) is 18.2. The molecule has 1 atom stereocenters. The fourth-order valence-electron chi connectivity index (χ4n) is 4.68. The zero-order chi connectivity index (χ0) is 24.1. The number of Topliss-reactive ketones (excluding diaryl/α,β-unsaturated/α-hetero) is 1. The van der Waals surface area contributed by atoms with Crippen LogP contribution in [0, 0.1) is 5.92 Å². The molecular weight excluding hydrogens is 443 g/mol. The minimum atomic E-state index is -4.90. The summed E-state index contributed by atoms with van der Waals surface area (Å²) in [6.45, 7) is 4.81. The summed E-state index contributed by atoms with van der Waals surface area (Å²) in [6, 6.07) is 0. The third-order valence-corrected chi connectivity index (χ3v) is 6.41. The van der Waals surface area contributed by atoms with E-state index in [4.69, 9.17) is 4.42 Å². The summed E-state index contributed by atoms with van der Waals surface area (Å²) in [7, 11) is 0. The number of likely N-dealkylation sites (tertiary alicyclic amines) is 1. The Morgan fingerprint density at radius 1 is 1.24 bits per heavy atom. The van der Waals surface area contributed by atoms with Crippen LogP contribution >= 0.6 is 0 Å². The van der Waals surface area contributed by atoms with Crippen LogP contribution in [0.3, 0.4) is 0 Å². The van der Waals surface area contributed by atoms with Gasteiger partial charge in [-0.25, -0.2) is 4.79 Å². The van der Waals surface area contributed by atoms with Gasteiger partial charge in [0.1, 0.15) is 11.3 Å². The van der Waals surface area contributed by atoms with E-state index >= 15 is 0 Å². The molecule has 3 heterocycles. The second-order valence-electron chi connectivity index (χ2n) is 8.68. The highest BCUT2D eigenvalue weighted by atomic mass is 19.4. The fourth-order valence-corrected chi connectivity index (χ4v) is 4.68. The van der Waals surface area contributed by atoms with Gasteiger partial charge < -0.3 is 14.4 Å². The van der Waals surface area contributed by atoms with Gasteiger partial charge in [0, 0.05) is 44.2 Å². The third kappa shape index (κ3) is 4.16. The Balaban J connectivity index is 1.58. The van der Waals surface area contributed by atoms with E-state index in [0.717, 1.165) is 0 Å². The lowest BCUT2D eigenvalue weighted by Gasteiger charge is -2.31. The van der Waals surface area contributed by atoms with E-state index < -0.39 is 35.2 Å². The molecule has 0 radical (unpaired) electrons. The fraction of sp³-hybridized carbons (Fsp3) is 0.545. The van der Waals surface area contributed by atoms with Crippen LogP contribution in [0.25, 0.3) is 11.3 Å². The zero-order valence-corrected chi connectivity index (χ0v) is 18.2. The number of nitrogens with zero attached hydrogens (tertiary/aromatic N) is 3. The highest BCUT2D eigenvalue weighted by Crippen LogP contribution is 2.48. The van der Waals surface area contributed by atoms with Crippen molar-refractivity contribution >= 4 is 17.7 Å². The Labute approximate surface area is 187 Å². The summed E-state index contributed by atoms with van der Waals surface area (Å²) in [4.78, 5) is 36.7. The van der Waals surface area contributed by atoms with Gasteiger partial charge in [-0.2, -0.15) is 18.3 Å². The number of aromatic nitrogens is 2. The molecule has 1 amide bonds. The van der Waals surface area contributed by atoms with Crippen molar-refractivity contribution in [3.63, 3.8) is 0 Å². The van der Waals surface area contributed by atoms with Gasteiger partial charge in [0.05, 0.1) is 11.3 Å². The molecule has 33 heavy (non-hydrogen) atoms. The van der Waals surface area contributed by atoms with Crippen LogP contribution in [0.15, 0.2) is 10.6 Å². The molecule has 0 saturated carbocycles. The Morgan fingerprint density at radius 3 is 2.48 bits per heavy atom. The molecule has 2 aromatic rings. The standard InChI is InChI=1S/C22H24F3N3O5/c1-3-14(29)20(30)27-6-4-12(5-7-27)9-28-10-13-11(2)8-15-16(18(13)26-28)17(22(23,24)25)19(33-15)21(31)32/h10-12H,3-9H2,1-2H3,(H,31,32)/t11-/m1/s1. The van der Waals surface area contributed by atoms with E-state index in [9.17, 15) is 32.7 Å². The van der Waals surface area contributed by atoms with Gasteiger partial charge in [-0.1, -0.05) is 13.8 Å². The number of aromatic carboxylic acids is 1. The molecule has 2 aromatic heterocycles. The molecule has 0 unspecified atom stereocenters. The minimum Gasteiger partial charge on any atom is -0.475 e. The van der Waals surface area contributed by atoms with Crippen molar-refractivity contribution < 1.29 is 37.1 Å². The average molecular weight is 467 g/mol. The first-order valence-corrected chi connectivity index (χ1v) is 10.9. The summed E-state index contributed by atoms with van der Waals surface area (Å²) in [5.41, 5.74) is -0.860. The predicted molar refractivity (Wildman–Crippen MR) is 109 cm³/mol. The molecule has 1 fully saturated rings. The van der Waals surface area contributed by atoms with Gasteiger partial charge in [-0.3, -0.25) is 14.3 Å². The van der Waals surface area contributed by atoms with Crippen LogP contribution in [0.5, 0.6) is 0 Å². The van der Waals surface area contributed by atoms with E-state index in [1.165, 1.54) is 0 Å². The number of carboxylic acids is 1. The molecular formula is C22H24F3N3O5. The second kappa shape index (κ2) is 8.35. The summed E-state index contributed by atoms with van der Waals surface area (Å²) >= 11 is 0. The van der Waals surface area contributed by atoms with Gasteiger partial charge in [0.25, 0.3) is 5.91 Å². The first-order chi connectivity index (χ1) is 15.5. The molecule has 2 aliphatic rings. The van der Waals surface area contributed by atoms with E-state index in [-0.39, 0.29) is 41.7 Å². The second-order valence-corrected chi connectivity index (χ2v) is 8.68. The SMILES string of the molecule is CCC(=O)C(=O)N1CCC(Cn2cc3c(n2)-c2c(oc(C(=O)O)c2C(F)(F)F)C[C@H]3C)CC1. The van der Waals surface area contributed by atoms with Gasteiger partial charge in [0.2, 0.25) is 11.5 Å². The van der Waals surface area contributed by atoms with Crippen molar-refractivity contribution in [2.24, 2.45) is 5.92 Å². The maximum atomic E-state index is 13.8. The average Bonchev–Trinajstić information content (AvgIpc) is 3.35. The number of rotatable bonds is 5. The largest absolute Gasteiger partial charge is 0.475 e. The number of alkyl halides is 3. The highest BCUT2D eigenvalue weighted by molar-refractivity contribution is 6.35. The molecule has 1 N–H and O–H groups in total. The van der Waals surface area contributed by atoms with Gasteiger partial charge in [-0.05, 0) is 24.7 Å². The van der Waals surface area contributed by atoms with E-state index in [2.05, 4.69) is 5.10 Å². The van der Waals surface area contributed by atoms with Crippen LogP contribution in [-0.2, 0) is 28.7 Å². The van der Waals surface area contributed by atoms with Crippen molar-refractivity contribution in [2.45, 2.75) is 58.2 Å². The first kappa shape index (κ1) is 23.1. The van der Waals surface area contributed by atoms with Crippen LogP contribution in [0.2, 0.25) is 0 Å². The van der Waals surface area contributed by atoms with Crippen molar-refractivity contribution in [1.82, 2.24) is 14.7 Å². The third-order valence-electron chi connectivity index (χ3n) is 6.41. The number of carbonyl (C=O) groups is 3. The molecule has 178 valence electrons. The Hall–Kier alpha value is -3.11. The molecule has 11 heteroatoms. The molecule has 0 bridgehead atoms. The monoisotopic (exact) mass is 467 g/mol. The molecule has 4 rings (SSSR count).